The molecule has 17 heavy (non-hydrogen) atoms. The van der Waals surface area contributed by atoms with Crippen LogP contribution in [-0.2, 0) is 0 Å². The van der Waals surface area contributed by atoms with Crippen molar-refractivity contribution in [3.8, 4) is 6.07 Å². The molecule has 0 fully saturated rings. The second kappa shape index (κ2) is 4.81. The summed E-state index contributed by atoms with van der Waals surface area (Å²) in [6.45, 7) is 0. The molecule has 84 valence electrons. The van der Waals surface area contributed by atoms with Crippen molar-refractivity contribution in [2.45, 2.75) is 0 Å². The van der Waals surface area contributed by atoms with Crippen LogP contribution >= 0.6 is 11.6 Å². The fraction of sp³-hybridized carbons (Fsp3) is 0. The molecule has 2 rings (SSSR count). The lowest BCUT2D eigenvalue weighted by Gasteiger charge is -2.07. The second-order valence-corrected chi connectivity index (χ2v) is 3.73. The van der Waals surface area contributed by atoms with Crippen molar-refractivity contribution in [1.82, 2.24) is 4.98 Å². The first-order valence-corrected chi connectivity index (χ1v) is 5.15. The molecule has 0 atom stereocenters. The average molecular weight is 248 g/mol. The van der Waals surface area contributed by atoms with Crippen LogP contribution in [0.1, 0.15) is 5.69 Å². The van der Waals surface area contributed by atoms with E-state index in [0.717, 1.165) is 0 Å². The number of rotatable bonds is 2. The number of nitrogens with zero attached hydrogens (tertiary/aromatic N) is 2. The van der Waals surface area contributed by atoms with Crippen LogP contribution in [0.4, 0.5) is 15.8 Å². The van der Waals surface area contributed by atoms with E-state index in [1.807, 2.05) is 6.07 Å². The smallest absolute Gasteiger partial charge is 0.146 e. The second-order valence-electron chi connectivity index (χ2n) is 3.29. The zero-order valence-corrected chi connectivity index (χ0v) is 9.37. The molecule has 1 heterocycles. The molecule has 0 radical (unpaired) electrons. The number of nitrogens with one attached hydrogen (secondary N) is 1. The minimum absolute atomic E-state index is 0.257. The summed E-state index contributed by atoms with van der Waals surface area (Å²) in [5.41, 5.74) is 1.10. The Hall–Kier alpha value is -2.12. The van der Waals surface area contributed by atoms with E-state index in [-0.39, 0.29) is 11.4 Å². The zero-order valence-electron chi connectivity index (χ0n) is 8.61. The summed E-state index contributed by atoms with van der Waals surface area (Å²) in [7, 11) is 0. The van der Waals surface area contributed by atoms with Gasteiger partial charge >= 0.3 is 0 Å². The van der Waals surface area contributed by atoms with Gasteiger partial charge in [0.1, 0.15) is 17.6 Å². The van der Waals surface area contributed by atoms with E-state index in [2.05, 4.69) is 10.3 Å². The van der Waals surface area contributed by atoms with Gasteiger partial charge in [-0.3, -0.25) is 0 Å². The third-order valence-electron chi connectivity index (χ3n) is 2.08. The maximum absolute atomic E-state index is 13.4. The Kier molecular flexibility index (Phi) is 3.22. The number of hydrogen-bond acceptors (Lipinski definition) is 3. The monoisotopic (exact) mass is 247 g/mol. The van der Waals surface area contributed by atoms with Crippen LogP contribution in [0.25, 0.3) is 0 Å². The van der Waals surface area contributed by atoms with Crippen LogP contribution in [0.3, 0.4) is 0 Å². The molecule has 0 saturated carbocycles. The van der Waals surface area contributed by atoms with E-state index < -0.39 is 5.82 Å². The van der Waals surface area contributed by atoms with Crippen molar-refractivity contribution in [3.05, 3.63) is 53.1 Å². The number of pyridine rings is 1. The first kappa shape index (κ1) is 11.4. The normalized spacial score (nSPS) is 9.71. The molecule has 2 aromatic rings. The summed E-state index contributed by atoms with van der Waals surface area (Å²) in [4.78, 5) is 3.82. The molecule has 1 aromatic carbocycles. The van der Waals surface area contributed by atoms with Crippen LogP contribution in [0, 0.1) is 17.1 Å². The Balaban J connectivity index is 2.31. The Labute approximate surface area is 102 Å². The lowest BCUT2D eigenvalue weighted by atomic mass is 10.2. The molecule has 0 aliphatic rings. The van der Waals surface area contributed by atoms with Gasteiger partial charge in [-0.25, -0.2) is 9.37 Å². The molecular formula is C12H7ClFN3. The predicted octanol–water partition coefficient (Wildman–Crippen LogP) is 3.49. The number of anilines is 2. The van der Waals surface area contributed by atoms with Gasteiger partial charge in [-0.15, -0.1) is 0 Å². The third-order valence-corrected chi connectivity index (χ3v) is 2.32. The molecule has 3 nitrogen and oxygen atoms in total. The maximum atomic E-state index is 13.4. The lowest BCUT2D eigenvalue weighted by molar-refractivity contribution is 0.632. The average Bonchev–Trinajstić information content (AvgIpc) is 2.34. The standard InChI is InChI=1S/C12H7ClFN3/c13-8-1-2-11(14)12(5-8)17-9-3-4-16-10(6-9)7-15/h1-6H,(H,16,17). The Bertz CT molecular complexity index is 593. The van der Waals surface area contributed by atoms with Gasteiger partial charge in [-0.1, -0.05) is 11.6 Å². The first-order chi connectivity index (χ1) is 8.19. The fourth-order valence-corrected chi connectivity index (χ4v) is 1.49. The van der Waals surface area contributed by atoms with Gasteiger partial charge in [-0.2, -0.15) is 5.26 Å². The van der Waals surface area contributed by atoms with Gasteiger partial charge in [0.15, 0.2) is 0 Å². The van der Waals surface area contributed by atoms with Gasteiger partial charge in [0.05, 0.1) is 5.69 Å². The summed E-state index contributed by atoms with van der Waals surface area (Å²) in [5.74, 6) is -0.412. The van der Waals surface area contributed by atoms with Crippen molar-refractivity contribution < 1.29 is 4.39 Å². The van der Waals surface area contributed by atoms with E-state index in [9.17, 15) is 4.39 Å². The van der Waals surface area contributed by atoms with E-state index in [0.29, 0.717) is 10.7 Å². The number of aromatic nitrogens is 1. The van der Waals surface area contributed by atoms with Crippen LogP contribution in [-0.4, -0.2) is 4.98 Å². The van der Waals surface area contributed by atoms with E-state index in [1.54, 1.807) is 6.07 Å². The van der Waals surface area contributed by atoms with Crippen LogP contribution < -0.4 is 5.32 Å². The molecule has 5 heteroatoms. The van der Waals surface area contributed by atoms with E-state index in [1.165, 1.54) is 30.5 Å². The highest BCUT2D eigenvalue weighted by molar-refractivity contribution is 6.30. The highest BCUT2D eigenvalue weighted by Crippen LogP contribution is 2.23. The fourth-order valence-electron chi connectivity index (χ4n) is 1.32. The van der Waals surface area contributed by atoms with Crippen molar-refractivity contribution >= 4 is 23.0 Å². The zero-order chi connectivity index (χ0) is 12.3. The number of nitriles is 1. The molecule has 1 N–H and O–H groups in total. The number of halogens is 2. The van der Waals surface area contributed by atoms with Crippen LogP contribution in [0.15, 0.2) is 36.5 Å². The Morgan fingerprint density at radius 1 is 1.29 bits per heavy atom. The summed E-state index contributed by atoms with van der Waals surface area (Å²) in [5, 5.41) is 12.0. The first-order valence-electron chi connectivity index (χ1n) is 4.77. The third kappa shape index (κ3) is 2.71. The van der Waals surface area contributed by atoms with Gasteiger partial charge in [0, 0.05) is 16.9 Å². The summed E-state index contributed by atoms with van der Waals surface area (Å²) >= 11 is 5.77. The highest BCUT2D eigenvalue weighted by atomic mass is 35.5. The summed E-state index contributed by atoms with van der Waals surface area (Å²) in [6, 6.07) is 9.29. The van der Waals surface area contributed by atoms with Crippen molar-refractivity contribution in [3.63, 3.8) is 0 Å². The van der Waals surface area contributed by atoms with Gasteiger partial charge in [-0.05, 0) is 30.3 Å². The molecule has 0 aliphatic heterocycles. The van der Waals surface area contributed by atoms with Gasteiger partial charge in [0.2, 0.25) is 0 Å². The minimum atomic E-state index is -0.412. The maximum Gasteiger partial charge on any atom is 0.146 e. The van der Waals surface area contributed by atoms with Gasteiger partial charge in [0.25, 0.3) is 0 Å². The SMILES string of the molecule is N#Cc1cc(Nc2cc(Cl)ccc2F)ccn1. The minimum Gasteiger partial charge on any atom is -0.353 e. The van der Waals surface area contributed by atoms with Crippen LogP contribution in [0.2, 0.25) is 5.02 Å². The highest BCUT2D eigenvalue weighted by Gasteiger charge is 2.04. The van der Waals surface area contributed by atoms with Crippen LogP contribution in [0.5, 0.6) is 0 Å². The number of benzene rings is 1. The molecule has 0 spiro atoms. The molecule has 1 aromatic heterocycles. The quantitative estimate of drug-likeness (QED) is 0.884. The molecular weight excluding hydrogens is 241 g/mol. The molecule has 0 unspecified atom stereocenters. The Morgan fingerprint density at radius 2 is 2.12 bits per heavy atom. The van der Waals surface area contributed by atoms with Crippen molar-refractivity contribution in [2.24, 2.45) is 0 Å². The van der Waals surface area contributed by atoms with Gasteiger partial charge < -0.3 is 5.32 Å². The lowest BCUT2D eigenvalue weighted by Crippen LogP contribution is -1.95. The topological polar surface area (TPSA) is 48.7 Å². The van der Waals surface area contributed by atoms with E-state index >= 15 is 0 Å². The molecule has 0 amide bonds. The van der Waals surface area contributed by atoms with Crippen molar-refractivity contribution in [1.29, 1.82) is 5.26 Å². The molecule has 0 aliphatic carbocycles. The Morgan fingerprint density at radius 3 is 2.88 bits per heavy atom. The molecule has 0 bridgehead atoms. The number of hydrogen-bond donors (Lipinski definition) is 1. The molecule has 0 saturated heterocycles. The summed E-state index contributed by atoms with van der Waals surface area (Å²) < 4.78 is 13.4. The summed E-state index contributed by atoms with van der Waals surface area (Å²) in [6.07, 6.45) is 1.48. The van der Waals surface area contributed by atoms with E-state index in [4.69, 9.17) is 16.9 Å². The predicted molar refractivity (Wildman–Crippen MR) is 63.6 cm³/mol. The largest absolute Gasteiger partial charge is 0.353 e. The van der Waals surface area contributed by atoms with Crippen molar-refractivity contribution in [2.75, 3.05) is 5.32 Å².